The van der Waals surface area contributed by atoms with Gasteiger partial charge in [0, 0.05) is 19.6 Å². The molecule has 0 bridgehead atoms. The summed E-state index contributed by atoms with van der Waals surface area (Å²) >= 11 is 0. The Balaban J connectivity index is 1.41. The maximum Gasteiger partial charge on any atom is 0.225 e. The van der Waals surface area contributed by atoms with Gasteiger partial charge in [0.15, 0.2) is 11.5 Å². The van der Waals surface area contributed by atoms with E-state index in [1.54, 1.807) is 21.3 Å². The third-order valence-electron chi connectivity index (χ3n) is 5.66. The molecule has 8 heteroatoms. The van der Waals surface area contributed by atoms with Gasteiger partial charge < -0.3 is 29.4 Å². The van der Waals surface area contributed by atoms with Crippen molar-refractivity contribution in [3.05, 3.63) is 42.0 Å². The third kappa shape index (κ3) is 4.38. The fourth-order valence-corrected chi connectivity index (χ4v) is 4.04. The van der Waals surface area contributed by atoms with Crippen molar-refractivity contribution in [3.8, 4) is 17.2 Å². The van der Waals surface area contributed by atoms with Gasteiger partial charge in [-0.3, -0.25) is 4.79 Å². The molecule has 1 aromatic heterocycles. The van der Waals surface area contributed by atoms with Crippen LogP contribution in [-0.2, 0) is 11.3 Å². The third-order valence-corrected chi connectivity index (χ3v) is 5.66. The van der Waals surface area contributed by atoms with Gasteiger partial charge >= 0.3 is 0 Å². The van der Waals surface area contributed by atoms with Gasteiger partial charge in [-0.1, -0.05) is 12.1 Å². The second-order valence-electron chi connectivity index (χ2n) is 7.61. The number of para-hydroxylation sites is 2. The number of fused-ring (bicyclic) bond motifs is 1. The first-order valence-electron chi connectivity index (χ1n) is 10.4. The van der Waals surface area contributed by atoms with E-state index >= 15 is 0 Å². The number of hydrogen-bond acceptors (Lipinski definition) is 6. The molecule has 2 N–H and O–H groups in total. The van der Waals surface area contributed by atoms with Crippen LogP contribution in [0.1, 0.15) is 18.4 Å². The molecule has 2 aromatic carbocycles. The number of methoxy groups -OCH3 is 3. The molecule has 0 saturated carbocycles. The van der Waals surface area contributed by atoms with E-state index in [1.165, 1.54) is 0 Å². The number of benzene rings is 2. The Morgan fingerprint density at radius 3 is 2.58 bits per heavy atom. The first kappa shape index (κ1) is 20.8. The molecule has 1 aliphatic rings. The highest BCUT2D eigenvalue weighted by Gasteiger charge is 2.27. The lowest BCUT2D eigenvalue weighted by atomic mass is 9.97. The van der Waals surface area contributed by atoms with Gasteiger partial charge in [-0.25, -0.2) is 4.98 Å². The summed E-state index contributed by atoms with van der Waals surface area (Å²) in [4.78, 5) is 23.1. The molecule has 1 fully saturated rings. The Labute approximate surface area is 181 Å². The van der Waals surface area contributed by atoms with Crippen LogP contribution in [0.25, 0.3) is 11.0 Å². The summed E-state index contributed by atoms with van der Waals surface area (Å²) in [6.45, 7) is 1.91. The van der Waals surface area contributed by atoms with Crippen molar-refractivity contribution >= 4 is 22.9 Å². The lowest BCUT2D eigenvalue weighted by Gasteiger charge is -2.31. The Kier molecular flexibility index (Phi) is 6.16. The maximum atomic E-state index is 12.9. The molecule has 1 amide bonds. The SMILES string of the molecule is COc1cc(CNC(=O)C2CCCN(c3nc4ccccc4[nH]3)C2)cc(OC)c1OC. The van der Waals surface area contributed by atoms with Crippen molar-refractivity contribution in [2.45, 2.75) is 19.4 Å². The van der Waals surface area contributed by atoms with E-state index in [1.807, 2.05) is 36.4 Å². The van der Waals surface area contributed by atoms with Gasteiger partial charge in [-0.05, 0) is 42.7 Å². The highest BCUT2D eigenvalue weighted by molar-refractivity contribution is 5.80. The molecule has 0 radical (unpaired) electrons. The summed E-state index contributed by atoms with van der Waals surface area (Å²) in [7, 11) is 4.72. The number of ether oxygens (including phenoxy) is 3. The Hall–Kier alpha value is -3.42. The number of aromatic nitrogens is 2. The van der Waals surface area contributed by atoms with Crippen LogP contribution in [0.5, 0.6) is 17.2 Å². The van der Waals surface area contributed by atoms with E-state index < -0.39 is 0 Å². The Bertz CT molecular complexity index is 1010. The average Bonchev–Trinajstić information content (AvgIpc) is 3.26. The van der Waals surface area contributed by atoms with Crippen molar-refractivity contribution < 1.29 is 19.0 Å². The summed E-state index contributed by atoms with van der Waals surface area (Å²) in [5, 5.41) is 3.06. The van der Waals surface area contributed by atoms with E-state index in [-0.39, 0.29) is 11.8 Å². The minimum atomic E-state index is -0.0935. The van der Waals surface area contributed by atoms with Crippen LogP contribution in [0.3, 0.4) is 0 Å². The monoisotopic (exact) mass is 424 g/mol. The zero-order valence-electron chi connectivity index (χ0n) is 18.1. The zero-order chi connectivity index (χ0) is 21.8. The van der Waals surface area contributed by atoms with Crippen molar-refractivity contribution in [2.24, 2.45) is 5.92 Å². The molecule has 1 saturated heterocycles. The van der Waals surface area contributed by atoms with Gasteiger partial charge in [-0.2, -0.15) is 0 Å². The van der Waals surface area contributed by atoms with Crippen LogP contribution in [0, 0.1) is 5.92 Å². The molecule has 1 aliphatic heterocycles. The number of imidazole rings is 1. The number of nitrogens with one attached hydrogen (secondary N) is 2. The van der Waals surface area contributed by atoms with Crippen molar-refractivity contribution in [1.29, 1.82) is 0 Å². The normalized spacial score (nSPS) is 16.2. The summed E-state index contributed by atoms with van der Waals surface area (Å²) in [5.41, 5.74) is 2.82. The molecule has 3 aromatic rings. The molecule has 4 rings (SSSR count). The number of rotatable bonds is 7. The van der Waals surface area contributed by atoms with Crippen LogP contribution in [0.2, 0.25) is 0 Å². The van der Waals surface area contributed by atoms with Crippen molar-refractivity contribution in [2.75, 3.05) is 39.3 Å². The molecular formula is C23H28N4O4. The summed E-state index contributed by atoms with van der Waals surface area (Å²) in [6.07, 6.45) is 1.80. The van der Waals surface area contributed by atoms with Crippen LogP contribution in [0.15, 0.2) is 36.4 Å². The largest absolute Gasteiger partial charge is 0.493 e. The molecule has 0 aliphatic carbocycles. The van der Waals surface area contributed by atoms with Crippen LogP contribution >= 0.6 is 0 Å². The van der Waals surface area contributed by atoms with Crippen LogP contribution in [-0.4, -0.2) is 50.3 Å². The van der Waals surface area contributed by atoms with Gasteiger partial charge in [0.1, 0.15) is 0 Å². The fraction of sp³-hybridized carbons (Fsp3) is 0.391. The molecule has 164 valence electrons. The van der Waals surface area contributed by atoms with E-state index in [2.05, 4.69) is 20.2 Å². The number of aromatic amines is 1. The molecule has 1 atom stereocenters. The van der Waals surface area contributed by atoms with E-state index in [9.17, 15) is 4.79 Å². The number of H-pyrrole nitrogens is 1. The fourth-order valence-electron chi connectivity index (χ4n) is 4.04. The summed E-state index contributed by atoms with van der Waals surface area (Å²) in [5.74, 6) is 2.44. The van der Waals surface area contributed by atoms with Gasteiger partial charge in [0.05, 0.1) is 38.3 Å². The van der Waals surface area contributed by atoms with E-state index in [0.29, 0.717) is 30.3 Å². The maximum absolute atomic E-state index is 12.9. The first-order valence-corrected chi connectivity index (χ1v) is 10.4. The predicted molar refractivity (Wildman–Crippen MR) is 119 cm³/mol. The summed E-state index contributed by atoms with van der Waals surface area (Å²) in [6, 6.07) is 11.7. The van der Waals surface area contributed by atoms with E-state index in [4.69, 9.17) is 14.2 Å². The van der Waals surface area contributed by atoms with Crippen molar-refractivity contribution in [1.82, 2.24) is 15.3 Å². The Morgan fingerprint density at radius 1 is 1.16 bits per heavy atom. The number of amides is 1. The summed E-state index contributed by atoms with van der Waals surface area (Å²) < 4.78 is 16.1. The second-order valence-corrected chi connectivity index (χ2v) is 7.61. The first-order chi connectivity index (χ1) is 15.1. The number of piperidine rings is 1. The van der Waals surface area contributed by atoms with Gasteiger partial charge in [-0.15, -0.1) is 0 Å². The van der Waals surface area contributed by atoms with Crippen LogP contribution in [0.4, 0.5) is 5.95 Å². The number of hydrogen-bond donors (Lipinski definition) is 2. The minimum Gasteiger partial charge on any atom is -0.493 e. The average molecular weight is 425 g/mol. The lowest BCUT2D eigenvalue weighted by molar-refractivity contribution is -0.125. The van der Waals surface area contributed by atoms with Crippen molar-refractivity contribution in [3.63, 3.8) is 0 Å². The number of anilines is 1. The molecule has 2 heterocycles. The number of carbonyl (C=O) groups excluding carboxylic acids is 1. The topological polar surface area (TPSA) is 88.7 Å². The lowest BCUT2D eigenvalue weighted by Crippen LogP contribution is -2.43. The number of nitrogens with zero attached hydrogens (tertiary/aromatic N) is 2. The molecule has 0 spiro atoms. The molecule has 31 heavy (non-hydrogen) atoms. The van der Waals surface area contributed by atoms with E-state index in [0.717, 1.165) is 41.9 Å². The Morgan fingerprint density at radius 2 is 1.90 bits per heavy atom. The highest BCUT2D eigenvalue weighted by atomic mass is 16.5. The predicted octanol–water partition coefficient (Wildman–Crippen LogP) is 3.12. The van der Waals surface area contributed by atoms with Gasteiger partial charge in [0.2, 0.25) is 17.6 Å². The standard InChI is InChI=1S/C23H28N4O4/c1-29-19-11-15(12-20(30-2)21(19)31-3)13-24-22(28)16-7-6-10-27(14-16)23-25-17-8-4-5-9-18(17)26-23/h4-5,8-9,11-12,16H,6-7,10,13-14H2,1-3H3,(H,24,28)(H,25,26). The zero-order valence-corrected chi connectivity index (χ0v) is 18.1. The number of carbonyl (C=O) groups is 1. The van der Waals surface area contributed by atoms with Crippen LogP contribution < -0.4 is 24.4 Å². The quantitative estimate of drug-likeness (QED) is 0.606. The molecular weight excluding hydrogens is 396 g/mol. The smallest absolute Gasteiger partial charge is 0.225 e. The molecule has 1 unspecified atom stereocenters. The highest BCUT2D eigenvalue weighted by Crippen LogP contribution is 2.38. The second kappa shape index (κ2) is 9.16. The minimum absolute atomic E-state index is 0.0366. The molecule has 8 nitrogen and oxygen atoms in total. The van der Waals surface area contributed by atoms with Gasteiger partial charge in [0.25, 0.3) is 0 Å².